The summed E-state index contributed by atoms with van der Waals surface area (Å²) in [6.45, 7) is 5.38. The van der Waals surface area contributed by atoms with Crippen molar-refractivity contribution in [2.45, 2.75) is 20.3 Å². The first-order chi connectivity index (χ1) is 6.02. The van der Waals surface area contributed by atoms with Gasteiger partial charge in [-0.2, -0.15) is 0 Å². The molecule has 0 N–H and O–H groups in total. The van der Waals surface area contributed by atoms with Crippen molar-refractivity contribution in [2.24, 2.45) is 0 Å². The van der Waals surface area contributed by atoms with Crippen LogP contribution in [0.2, 0.25) is 0 Å². The van der Waals surface area contributed by atoms with Gasteiger partial charge in [0.1, 0.15) is 0 Å². The number of hydrogen-bond donors (Lipinski definition) is 0. The van der Waals surface area contributed by atoms with E-state index in [2.05, 4.69) is 0 Å². The van der Waals surface area contributed by atoms with Crippen molar-refractivity contribution in [3.63, 3.8) is 0 Å². The summed E-state index contributed by atoms with van der Waals surface area (Å²) in [4.78, 5) is 3.60. The molecule has 0 aliphatic carbocycles. The highest BCUT2D eigenvalue weighted by molar-refractivity contribution is 4.54. The van der Waals surface area contributed by atoms with Crippen LogP contribution in [0.25, 0.3) is 0 Å². The summed E-state index contributed by atoms with van der Waals surface area (Å²) >= 11 is 0. The molecule has 0 radical (unpaired) electrons. The number of nitrogens with zero attached hydrogens (tertiary/aromatic N) is 2. The van der Waals surface area contributed by atoms with Crippen LogP contribution in [0.1, 0.15) is 13.8 Å². The zero-order valence-corrected chi connectivity index (χ0v) is 9.35. The van der Waals surface area contributed by atoms with Crippen LogP contribution in [0, 0.1) is 0 Å². The molecule has 0 aromatic rings. The van der Waals surface area contributed by atoms with Crippen molar-refractivity contribution in [3.8, 4) is 0 Å². The number of alkyl halides is 2. The molecular formula is C9H22F2N2. The van der Waals surface area contributed by atoms with Gasteiger partial charge in [-0.25, -0.2) is 8.78 Å². The molecule has 0 fully saturated rings. The first kappa shape index (κ1) is 15.3. The standard InChI is InChI=1S/C7H16F2N2.C2H6/c1-10(2)4-5-11(3)6-7(8)9;1-2/h7H,4-6H2,1-3H3;1-2H3. The summed E-state index contributed by atoms with van der Waals surface area (Å²) in [5, 5.41) is 0. The molecule has 0 aliphatic heterocycles. The van der Waals surface area contributed by atoms with Gasteiger partial charge < -0.3 is 4.90 Å². The maximum absolute atomic E-state index is 11.8. The SMILES string of the molecule is CC.CN(C)CCN(C)CC(F)F. The lowest BCUT2D eigenvalue weighted by atomic mass is 10.5. The fourth-order valence-electron chi connectivity index (χ4n) is 0.698. The third-order valence-corrected chi connectivity index (χ3v) is 1.38. The Bertz CT molecular complexity index is 97.6. The van der Waals surface area contributed by atoms with Gasteiger partial charge in [0.2, 0.25) is 0 Å². The van der Waals surface area contributed by atoms with Gasteiger partial charge in [-0.05, 0) is 21.1 Å². The summed E-state index contributed by atoms with van der Waals surface area (Å²) in [7, 11) is 5.56. The van der Waals surface area contributed by atoms with E-state index in [-0.39, 0.29) is 6.54 Å². The Morgan fingerprint density at radius 1 is 1.00 bits per heavy atom. The smallest absolute Gasteiger partial charge is 0.251 e. The van der Waals surface area contributed by atoms with Crippen LogP contribution in [0.15, 0.2) is 0 Å². The Morgan fingerprint density at radius 3 is 1.77 bits per heavy atom. The predicted molar refractivity (Wildman–Crippen MR) is 53.4 cm³/mol. The summed E-state index contributed by atoms with van der Waals surface area (Å²) < 4.78 is 23.5. The average Bonchev–Trinajstić information content (AvgIpc) is 2.03. The van der Waals surface area contributed by atoms with Gasteiger partial charge in [0.05, 0.1) is 6.54 Å². The number of hydrogen-bond acceptors (Lipinski definition) is 2. The lowest BCUT2D eigenvalue weighted by Gasteiger charge is -2.18. The van der Waals surface area contributed by atoms with E-state index in [1.54, 1.807) is 11.9 Å². The molecule has 0 heterocycles. The van der Waals surface area contributed by atoms with Crippen LogP contribution in [-0.4, -0.2) is 57.0 Å². The largest absolute Gasteiger partial charge is 0.308 e. The molecule has 13 heavy (non-hydrogen) atoms. The first-order valence-electron chi connectivity index (χ1n) is 4.64. The second-order valence-corrected chi connectivity index (χ2v) is 2.96. The Hall–Kier alpha value is -0.220. The van der Waals surface area contributed by atoms with Crippen molar-refractivity contribution in [2.75, 3.05) is 40.8 Å². The third-order valence-electron chi connectivity index (χ3n) is 1.38. The number of likely N-dealkylation sites (N-methyl/N-ethyl adjacent to an activating group) is 2. The molecule has 0 unspecified atom stereocenters. The van der Waals surface area contributed by atoms with Crippen molar-refractivity contribution in [1.82, 2.24) is 9.80 Å². The molecule has 0 atom stereocenters. The lowest BCUT2D eigenvalue weighted by Crippen LogP contribution is -2.31. The molecule has 0 rings (SSSR count). The Kier molecular flexibility index (Phi) is 11.6. The van der Waals surface area contributed by atoms with Crippen LogP contribution >= 0.6 is 0 Å². The van der Waals surface area contributed by atoms with Crippen molar-refractivity contribution in [1.29, 1.82) is 0 Å². The van der Waals surface area contributed by atoms with Gasteiger partial charge in [0, 0.05) is 13.1 Å². The van der Waals surface area contributed by atoms with Gasteiger partial charge >= 0.3 is 0 Å². The maximum Gasteiger partial charge on any atom is 0.251 e. The van der Waals surface area contributed by atoms with Crippen LogP contribution in [0.5, 0.6) is 0 Å². The van der Waals surface area contributed by atoms with Crippen LogP contribution in [0.3, 0.4) is 0 Å². The minimum atomic E-state index is -2.22. The molecule has 0 amide bonds. The van der Waals surface area contributed by atoms with E-state index in [0.717, 1.165) is 6.54 Å². The van der Waals surface area contributed by atoms with E-state index in [0.29, 0.717) is 6.54 Å². The fourth-order valence-corrected chi connectivity index (χ4v) is 0.698. The molecule has 2 nitrogen and oxygen atoms in total. The summed E-state index contributed by atoms with van der Waals surface area (Å²) in [5.41, 5.74) is 0. The number of halogens is 2. The molecule has 0 bridgehead atoms. The highest BCUT2D eigenvalue weighted by atomic mass is 19.3. The van der Waals surface area contributed by atoms with E-state index in [4.69, 9.17) is 0 Å². The topological polar surface area (TPSA) is 6.48 Å². The quantitative estimate of drug-likeness (QED) is 0.661. The summed E-state index contributed by atoms with van der Waals surface area (Å²) in [6.07, 6.45) is -2.22. The average molecular weight is 196 g/mol. The van der Waals surface area contributed by atoms with Gasteiger partial charge in [-0.3, -0.25) is 4.90 Å². The van der Waals surface area contributed by atoms with Crippen molar-refractivity contribution in [3.05, 3.63) is 0 Å². The maximum atomic E-state index is 11.8. The highest BCUT2D eigenvalue weighted by Crippen LogP contribution is 1.94. The van der Waals surface area contributed by atoms with E-state index in [9.17, 15) is 8.78 Å². The van der Waals surface area contributed by atoms with E-state index in [1.165, 1.54) is 0 Å². The minimum Gasteiger partial charge on any atom is -0.308 e. The van der Waals surface area contributed by atoms with Gasteiger partial charge in [0.15, 0.2) is 0 Å². The van der Waals surface area contributed by atoms with Crippen LogP contribution < -0.4 is 0 Å². The lowest BCUT2D eigenvalue weighted by molar-refractivity contribution is 0.0973. The monoisotopic (exact) mass is 196 g/mol. The second-order valence-electron chi connectivity index (χ2n) is 2.96. The van der Waals surface area contributed by atoms with Crippen LogP contribution in [0.4, 0.5) is 8.78 Å². The first-order valence-corrected chi connectivity index (χ1v) is 4.64. The third kappa shape index (κ3) is 14.6. The van der Waals surface area contributed by atoms with Gasteiger partial charge in [0.25, 0.3) is 6.43 Å². The molecule has 4 heteroatoms. The molecule has 0 aromatic heterocycles. The van der Waals surface area contributed by atoms with E-state index < -0.39 is 6.43 Å². The number of rotatable bonds is 5. The fraction of sp³-hybridized carbons (Fsp3) is 1.00. The zero-order valence-electron chi connectivity index (χ0n) is 9.35. The van der Waals surface area contributed by atoms with Crippen molar-refractivity contribution < 1.29 is 8.78 Å². The molecule has 82 valence electrons. The zero-order chi connectivity index (χ0) is 10.9. The van der Waals surface area contributed by atoms with Gasteiger partial charge in [-0.15, -0.1) is 0 Å². The molecule has 0 spiro atoms. The van der Waals surface area contributed by atoms with Crippen molar-refractivity contribution >= 4 is 0 Å². The minimum absolute atomic E-state index is 0.131. The molecule has 0 saturated carbocycles. The second kappa shape index (κ2) is 9.86. The highest BCUT2D eigenvalue weighted by Gasteiger charge is 2.06. The Balaban J connectivity index is 0. The summed E-state index contributed by atoms with van der Waals surface area (Å²) in [5.74, 6) is 0. The normalized spacial score (nSPS) is 10.6. The summed E-state index contributed by atoms with van der Waals surface area (Å²) in [6, 6.07) is 0. The van der Waals surface area contributed by atoms with Crippen LogP contribution in [-0.2, 0) is 0 Å². The van der Waals surface area contributed by atoms with E-state index in [1.807, 2.05) is 32.8 Å². The molecule has 0 aliphatic rings. The molecule has 0 saturated heterocycles. The Labute approximate surface area is 80.5 Å². The van der Waals surface area contributed by atoms with E-state index >= 15 is 0 Å². The Morgan fingerprint density at radius 2 is 1.46 bits per heavy atom. The van der Waals surface area contributed by atoms with Gasteiger partial charge in [-0.1, -0.05) is 13.8 Å². The molecule has 0 aromatic carbocycles. The molecular weight excluding hydrogens is 174 g/mol. The predicted octanol–water partition coefficient (Wildman–Crippen LogP) is 1.77.